The van der Waals surface area contributed by atoms with Crippen LogP contribution in [-0.2, 0) is 6.42 Å². The van der Waals surface area contributed by atoms with Gasteiger partial charge in [0.15, 0.2) is 0 Å². The second kappa shape index (κ2) is 5.34. The highest BCUT2D eigenvalue weighted by molar-refractivity contribution is 5.81. The van der Waals surface area contributed by atoms with Crippen molar-refractivity contribution in [3.05, 3.63) is 46.1 Å². The highest BCUT2D eigenvalue weighted by atomic mass is 14.8. The minimum atomic E-state index is 0.317. The number of nitriles is 1. The van der Waals surface area contributed by atoms with Crippen LogP contribution in [-0.4, -0.2) is 4.98 Å². The number of nitrogen functional groups attached to an aromatic ring is 1. The van der Waals surface area contributed by atoms with Gasteiger partial charge in [0.1, 0.15) is 17.5 Å². The van der Waals surface area contributed by atoms with Crippen molar-refractivity contribution in [3.8, 4) is 17.2 Å². The molecular formula is C17H19N3. The van der Waals surface area contributed by atoms with Crippen molar-refractivity contribution in [2.24, 2.45) is 0 Å². The Bertz CT molecular complexity index is 709. The number of pyridine rings is 1. The van der Waals surface area contributed by atoms with E-state index < -0.39 is 0 Å². The molecule has 0 aliphatic rings. The van der Waals surface area contributed by atoms with Crippen LogP contribution < -0.4 is 5.73 Å². The molecule has 3 heteroatoms. The number of nitrogens with zero attached hydrogens (tertiary/aromatic N) is 2. The molecule has 0 amide bonds. The fraction of sp³-hybridized carbons (Fsp3) is 0.294. The normalized spacial score (nSPS) is 10.3. The molecule has 2 N–H and O–H groups in total. The van der Waals surface area contributed by atoms with Gasteiger partial charge in [0.05, 0.1) is 0 Å². The number of rotatable bonds is 2. The van der Waals surface area contributed by atoms with Crippen LogP contribution in [0.25, 0.3) is 11.1 Å². The minimum Gasteiger partial charge on any atom is -0.383 e. The zero-order chi connectivity index (χ0) is 14.9. The molecule has 0 atom stereocenters. The van der Waals surface area contributed by atoms with Crippen LogP contribution in [0.3, 0.4) is 0 Å². The van der Waals surface area contributed by atoms with Crippen molar-refractivity contribution in [1.82, 2.24) is 4.98 Å². The fourth-order valence-electron chi connectivity index (χ4n) is 2.70. The highest BCUT2D eigenvalue weighted by Gasteiger charge is 2.18. The molecule has 0 unspecified atom stereocenters. The average Bonchev–Trinajstić information content (AvgIpc) is 2.38. The maximum atomic E-state index is 9.45. The molecule has 2 aromatic rings. The Hall–Kier alpha value is -2.34. The molecule has 0 saturated heterocycles. The lowest BCUT2D eigenvalue weighted by Gasteiger charge is -2.16. The van der Waals surface area contributed by atoms with E-state index >= 15 is 0 Å². The average molecular weight is 265 g/mol. The van der Waals surface area contributed by atoms with Gasteiger partial charge in [-0.1, -0.05) is 30.7 Å². The monoisotopic (exact) mass is 265 g/mol. The minimum absolute atomic E-state index is 0.317. The van der Waals surface area contributed by atoms with Crippen LogP contribution in [0.4, 0.5) is 5.82 Å². The summed E-state index contributed by atoms with van der Waals surface area (Å²) in [7, 11) is 0. The fourth-order valence-corrected chi connectivity index (χ4v) is 2.70. The molecule has 1 aromatic heterocycles. The van der Waals surface area contributed by atoms with Crippen LogP contribution in [0.2, 0.25) is 0 Å². The van der Waals surface area contributed by atoms with Crippen molar-refractivity contribution in [2.75, 3.05) is 5.73 Å². The first-order chi connectivity index (χ1) is 9.49. The molecule has 0 radical (unpaired) electrons. The van der Waals surface area contributed by atoms with E-state index in [-0.39, 0.29) is 0 Å². The van der Waals surface area contributed by atoms with Crippen molar-refractivity contribution in [1.29, 1.82) is 5.26 Å². The second-order valence-corrected chi connectivity index (χ2v) is 5.09. The summed E-state index contributed by atoms with van der Waals surface area (Å²) in [5, 5.41) is 9.45. The number of hydrogen-bond donors (Lipinski definition) is 1. The van der Waals surface area contributed by atoms with Gasteiger partial charge in [-0.3, -0.25) is 0 Å². The summed E-state index contributed by atoms with van der Waals surface area (Å²) in [5.41, 5.74) is 12.8. The van der Waals surface area contributed by atoms with Crippen molar-refractivity contribution in [3.63, 3.8) is 0 Å². The second-order valence-electron chi connectivity index (χ2n) is 5.09. The quantitative estimate of drug-likeness (QED) is 0.900. The van der Waals surface area contributed by atoms with Crippen LogP contribution >= 0.6 is 0 Å². The highest BCUT2D eigenvalue weighted by Crippen LogP contribution is 2.34. The van der Waals surface area contributed by atoms with Gasteiger partial charge in [-0.2, -0.15) is 5.26 Å². The van der Waals surface area contributed by atoms with E-state index in [9.17, 15) is 5.26 Å². The topological polar surface area (TPSA) is 62.7 Å². The SMILES string of the molecule is CCc1c(C)nc(N)c(C#N)c1-c1ccc(C)cc1C. The van der Waals surface area contributed by atoms with Gasteiger partial charge in [0, 0.05) is 11.3 Å². The number of benzene rings is 1. The molecule has 1 heterocycles. The lowest BCUT2D eigenvalue weighted by molar-refractivity contribution is 1.05. The lowest BCUT2D eigenvalue weighted by atomic mass is 9.90. The molecule has 20 heavy (non-hydrogen) atoms. The van der Waals surface area contributed by atoms with E-state index in [1.807, 2.05) is 6.92 Å². The van der Waals surface area contributed by atoms with Gasteiger partial charge in [0.25, 0.3) is 0 Å². The standard InChI is InChI=1S/C17H19N3/c1-5-13-12(4)20-17(19)15(9-18)16(13)14-7-6-10(2)8-11(14)3/h6-8H,5H2,1-4H3,(H2,19,20). The smallest absolute Gasteiger partial charge is 0.142 e. The van der Waals surface area contributed by atoms with Crippen LogP contribution in [0.1, 0.15) is 34.9 Å². The summed E-state index contributed by atoms with van der Waals surface area (Å²) in [5.74, 6) is 0.317. The summed E-state index contributed by atoms with van der Waals surface area (Å²) in [4.78, 5) is 4.30. The molecule has 0 aliphatic heterocycles. The van der Waals surface area contributed by atoms with Gasteiger partial charge in [-0.05, 0) is 43.9 Å². The van der Waals surface area contributed by atoms with E-state index in [0.29, 0.717) is 11.4 Å². The predicted octanol–water partition coefficient (Wildman–Crippen LogP) is 3.69. The van der Waals surface area contributed by atoms with E-state index in [2.05, 4.69) is 50.0 Å². The van der Waals surface area contributed by atoms with E-state index in [0.717, 1.165) is 34.4 Å². The first kappa shape index (κ1) is 14.1. The van der Waals surface area contributed by atoms with Crippen molar-refractivity contribution >= 4 is 5.82 Å². The Balaban J connectivity index is 2.88. The zero-order valence-electron chi connectivity index (χ0n) is 12.4. The third-order valence-corrected chi connectivity index (χ3v) is 3.65. The van der Waals surface area contributed by atoms with Gasteiger partial charge in [-0.15, -0.1) is 0 Å². The molecular weight excluding hydrogens is 246 g/mol. The molecule has 0 fully saturated rings. The number of aromatic nitrogens is 1. The Morgan fingerprint density at radius 1 is 1.25 bits per heavy atom. The van der Waals surface area contributed by atoms with Crippen LogP contribution in [0.15, 0.2) is 18.2 Å². The third-order valence-electron chi connectivity index (χ3n) is 3.65. The summed E-state index contributed by atoms with van der Waals surface area (Å²) in [6.07, 6.45) is 0.830. The molecule has 0 bridgehead atoms. The number of hydrogen-bond acceptors (Lipinski definition) is 3. The van der Waals surface area contributed by atoms with E-state index in [4.69, 9.17) is 5.73 Å². The van der Waals surface area contributed by atoms with Gasteiger partial charge in [-0.25, -0.2) is 4.98 Å². The van der Waals surface area contributed by atoms with Gasteiger partial charge >= 0.3 is 0 Å². The third kappa shape index (κ3) is 2.25. The van der Waals surface area contributed by atoms with Crippen molar-refractivity contribution in [2.45, 2.75) is 34.1 Å². The number of anilines is 1. The Labute approximate surface area is 120 Å². The van der Waals surface area contributed by atoms with Crippen molar-refractivity contribution < 1.29 is 0 Å². The van der Waals surface area contributed by atoms with Gasteiger partial charge < -0.3 is 5.73 Å². The Morgan fingerprint density at radius 2 is 1.95 bits per heavy atom. The Kier molecular flexibility index (Phi) is 3.76. The predicted molar refractivity (Wildman–Crippen MR) is 82.4 cm³/mol. The molecule has 1 aromatic carbocycles. The number of nitrogens with two attached hydrogens (primary N) is 1. The first-order valence-electron chi connectivity index (χ1n) is 6.76. The lowest BCUT2D eigenvalue weighted by Crippen LogP contribution is -2.05. The summed E-state index contributed by atoms with van der Waals surface area (Å²) >= 11 is 0. The maximum Gasteiger partial charge on any atom is 0.142 e. The molecule has 0 spiro atoms. The Morgan fingerprint density at radius 3 is 2.50 bits per heavy atom. The summed E-state index contributed by atoms with van der Waals surface area (Å²) in [6, 6.07) is 8.48. The van der Waals surface area contributed by atoms with Crippen LogP contribution in [0.5, 0.6) is 0 Å². The molecule has 102 valence electrons. The first-order valence-corrected chi connectivity index (χ1v) is 6.76. The van der Waals surface area contributed by atoms with Gasteiger partial charge in [0.2, 0.25) is 0 Å². The molecule has 0 saturated carbocycles. The number of aryl methyl sites for hydroxylation is 3. The summed E-state index contributed by atoms with van der Waals surface area (Å²) in [6.45, 7) is 8.15. The molecule has 2 rings (SSSR count). The van der Waals surface area contributed by atoms with E-state index in [1.165, 1.54) is 5.56 Å². The largest absolute Gasteiger partial charge is 0.383 e. The molecule has 0 aliphatic carbocycles. The van der Waals surface area contributed by atoms with Crippen LogP contribution in [0, 0.1) is 32.1 Å². The van der Waals surface area contributed by atoms with E-state index in [1.54, 1.807) is 0 Å². The maximum absolute atomic E-state index is 9.45. The molecule has 3 nitrogen and oxygen atoms in total. The summed E-state index contributed by atoms with van der Waals surface area (Å²) < 4.78 is 0. The zero-order valence-corrected chi connectivity index (χ0v) is 12.4.